The normalized spacial score (nSPS) is 26.6. The number of hydrogen-bond acceptors (Lipinski definition) is 7. The van der Waals surface area contributed by atoms with E-state index in [1.165, 1.54) is 0 Å². The van der Waals surface area contributed by atoms with E-state index in [4.69, 9.17) is 4.74 Å². The highest BCUT2D eigenvalue weighted by atomic mass is 16.5. The van der Waals surface area contributed by atoms with Gasteiger partial charge in [0.15, 0.2) is 6.17 Å². The molecule has 2 N–H and O–H groups in total. The Hall–Kier alpha value is -3.52. The van der Waals surface area contributed by atoms with Crippen LogP contribution in [0.3, 0.4) is 0 Å². The molecule has 36 heavy (non-hydrogen) atoms. The third kappa shape index (κ3) is 3.63. The van der Waals surface area contributed by atoms with Gasteiger partial charge in [-0.05, 0) is 55.2 Å². The third-order valence-corrected chi connectivity index (χ3v) is 7.80. The van der Waals surface area contributed by atoms with E-state index in [9.17, 15) is 4.79 Å². The third-order valence-electron chi connectivity index (χ3n) is 7.80. The molecule has 1 amide bonds. The summed E-state index contributed by atoms with van der Waals surface area (Å²) < 4.78 is 5.51. The van der Waals surface area contributed by atoms with Crippen molar-refractivity contribution in [2.45, 2.75) is 50.7 Å². The van der Waals surface area contributed by atoms with E-state index in [-0.39, 0.29) is 17.6 Å². The Morgan fingerprint density at radius 2 is 1.94 bits per heavy atom. The molecule has 6 rings (SSSR count). The number of fused-ring (bicyclic) bond motifs is 1. The highest BCUT2D eigenvalue weighted by Crippen LogP contribution is 2.51. The largest absolute Gasteiger partial charge is 0.378 e. The number of rotatable bonds is 4. The molecule has 5 heterocycles. The van der Waals surface area contributed by atoms with Crippen LogP contribution in [0, 0.1) is 0 Å². The lowest BCUT2D eigenvalue weighted by Crippen LogP contribution is -2.58. The summed E-state index contributed by atoms with van der Waals surface area (Å²) in [5.74, 6) is 0.939. The molecule has 0 aliphatic carbocycles. The number of aromatic nitrogens is 1. The molecule has 0 saturated carbocycles. The maximum Gasteiger partial charge on any atom is 0.250 e. The van der Waals surface area contributed by atoms with Gasteiger partial charge in [0.1, 0.15) is 5.82 Å². The van der Waals surface area contributed by atoms with Crippen LogP contribution in [0.2, 0.25) is 0 Å². The van der Waals surface area contributed by atoms with Crippen LogP contribution in [-0.4, -0.2) is 48.9 Å². The minimum atomic E-state index is -0.606. The molecule has 0 bridgehead atoms. The number of carbonyl (C=O) groups excluding carboxylic acids is 1. The molecule has 186 valence electrons. The minimum Gasteiger partial charge on any atom is -0.378 e. The molecule has 1 aromatic carbocycles. The molecule has 1 saturated heterocycles. The molecule has 8 heteroatoms. The van der Waals surface area contributed by atoms with E-state index in [2.05, 4.69) is 81.8 Å². The fourth-order valence-electron chi connectivity index (χ4n) is 6.13. The molecule has 1 fully saturated rings. The molecule has 1 aromatic heterocycles. The predicted molar refractivity (Wildman–Crippen MR) is 138 cm³/mol. The van der Waals surface area contributed by atoms with E-state index < -0.39 is 5.41 Å². The highest BCUT2D eigenvalue weighted by molar-refractivity contribution is 6.00. The van der Waals surface area contributed by atoms with Gasteiger partial charge in [0.25, 0.3) is 5.91 Å². The molecule has 4 aliphatic rings. The minimum absolute atomic E-state index is 0.0224. The van der Waals surface area contributed by atoms with Crippen LogP contribution in [0.5, 0.6) is 0 Å². The molecular weight excluding hydrogens is 452 g/mol. The zero-order chi connectivity index (χ0) is 24.9. The van der Waals surface area contributed by atoms with Crippen molar-refractivity contribution in [2.75, 3.05) is 31.2 Å². The summed E-state index contributed by atoms with van der Waals surface area (Å²) in [5, 5.41) is 15.5. The number of nitrogens with zero attached hydrogens (tertiary/aromatic N) is 4. The summed E-state index contributed by atoms with van der Waals surface area (Å²) in [6, 6.07) is 12.8. The lowest BCUT2D eigenvalue weighted by atomic mass is 9.62. The molecule has 0 radical (unpaired) electrons. The summed E-state index contributed by atoms with van der Waals surface area (Å²) in [6.45, 7) is 9.38. The van der Waals surface area contributed by atoms with Crippen LogP contribution in [0.15, 0.2) is 75.9 Å². The molecule has 4 aliphatic heterocycles. The number of ether oxygens (including phenoxy) is 1. The zero-order valence-electron chi connectivity index (χ0n) is 21.0. The van der Waals surface area contributed by atoms with Gasteiger partial charge in [-0.25, -0.2) is 4.98 Å². The monoisotopic (exact) mass is 484 g/mol. The van der Waals surface area contributed by atoms with Crippen molar-refractivity contribution in [1.82, 2.24) is 15.6 Å². The van der Waals surface area contributed by atoms with Crippen LogP contribution < -0.4 is 15.5 Å². The van der Waals surface area contributed by atoms with Gasteiger partial charge in [-0.15, -0.1) is 0 Å². The molecule has 0 spiro atoms. The summed E-state index contributed by atoms with van der Waals surface area (Å²) in [7, 11) is 0. The number of amides is 1. The number of carbonyl (C=O) groups is 1. The standard InChI is InChI=1S/C28H32N6O2/c1-4-28(21-17-30-33-25(21)31-22-16-27(2,3)32-26(35)24(22)28)20-7-5-6-18(14-20)19-8-9-29-23(15-19)34-10-12-36-13-11-34/h5-9,14-15,17,25,31H,4,10-13,16H2,1-3H3,(H,32,35)/t25?,28-/m1/s1. The van der Waals surface area contributed by atoms with Crippen LogP contribution in [-0.2, 0) is 14.9 Å². The van der Waals surface area contributed by atoms with Gasteiger partial charge in [-0.1, -0.05) is 25.1 Å². The smallest absolute Gasteiger partial charge is 0.250 e. The molecular formula is C28H32N6O2. The number of anilines is 1. The van der Waals surface area contributed by atoms with Gasteiger partial charge >= 0.3 is 0 Å². The second-order valence-corrected chi connectivity index (χ2v) is 10.6. The van der Waals surface area contributed by atoms with E-state index in [1.807, 2.05) is 18.5 Å². The summed E-state index contributed by atoms with van der Waals surface area (Å²) >= 11 is 0. The van der Waals surface area contributed by atoms with Crippen molar-refractivity contribution >= 4 is 11.7 Å². The van der Waals surface area contributed by atoms with Crippen molar-refractivity contribution in [3.63, 3.8) is 0 Å². The average molecular weight is 485 g/mol. The molecule has 2 atom stereocenters. The highest BCUT2D eigenvalue weighted by Gasteiger charge is 2.53. The van der Waals surface area contributed by atoms with E-state index in [1.54, 1.807) is 0 Å². The van der Waals surface area contributed by atoms with Crippen LogP contribution in [0.4, 0.5) is 5.82 Å². The van der Waals surface area contributed by atoms with Crippen LogP contribution in [0.25, 0.3) is 11.1 Å². The van der Waals surface area contributed by atoms with Gasteiger partial charge in [-0.2, -0.15) is 10.2 Å². The summed E-state index contributed by atoms with van der Waals surface area (Å²) in [4.78, 5) is 20.5. The maximum absolute atomic E-state index is 13.6. The van der Waals surface area contributed by atoms with Crippen molar-refractivity contribution in [3.8, 4) is 11.1 Å². The quantitative estimate of drug-likeness (QED) is 0.683. The number of benzene rings is 1. The number of azo groups is 1. The van der Waals surface area contributed by atoms with Gasteiger partial charge in [0.2, 0.25) is 0 Å². The Labute approximate surface area is 211 Å². The maximum atomic E-state index is 13.6. The van der Waals surface area contributed by atoms with E-state index in [0.717, 1.165) is 78.5 Å². The van der Waals surface area contributed by atoms with Gasteiger partial charge in [0.05, 0.1) is 30.4 Å². The summed E-state index contributed by atoms with van der Waals surface area (Å²) in [5.41, 5.74) is 5.14. The first-order valence-electron chi connectivity index (χ1n) is 12.7. The average Bonchev–Trinajstić information content (AvgIpc) is 3.36. The topological polar surface area (TPSA) is 91.2 Å². The first-order chi connectivity index (χ1) is 17.4. The Morgan fingerprint density at radius 1 is 1.14 bits per heavy atom. The molecule has 2 aromatic rings. The fourth-order valence-corrected chi connectivity index (χ4v) is 6.13. The predicted octanol–water partition coefficient (Wildman–Crippen LogP) is 4.06. The summed E-state index contributed by atoms with van der Waals surface area (Å²) in [6.07, 6.45) is 4.92. The van der Waals surface area contributed by atoms with Gasteiger partial charge in [0, 0.05) is 42.5 Å². The van der Waals surface area contributed by atoms with Crippen molar-refractivity contribution in [1.29, 1.82) is 0 Å². The van der Waals surface area contributed by atoms with Gasteiger partial charge in [-0.3, -0.25) is 4.79 Å². The van der Waals surface area contributed by atoms with Crippen LogP contribution in [0.1, 0.15) is 39.2 Å². The molecule has 8 nitrogen and oxygen atoms in total. The SMILES string of the molecule is CC[C@@]1(c2cccc(-c3ccnc(N4CCOCC4)c3)c2)C2=CN=NC2NC2=C1C(=O)NC(C)(C)C2. The zero-order valence-corrected chi connectivity index (χ0v) is 21.0. The second-order valence-electron chi connectivity index (χ2n) is 10.6. The van der Waals surface area contributed by atoms with Crippen molar-refractivity contribution in [3.05, 3.63) is 71.2 Å². The van der Waals surface area contributed by atoms with Crippen LogP contribution >= 0.6 is 0 Å². The van der Waals surface area contributed by atoms with E-state index >= 15 is 0 Å². The lowest BCUT2D eigenvalue weighted by molar-refractivity contribution is -0.120. The number of morpholine rings is 1. The number of pyridine rings is 1. The first kappa shape index (κ1) is 22.9. The number of hydrogen-bond donors (Lipinski definition) is 2. The fraction of sp³-hybridized carbons (Fsp3) is 0.429. The first-order valence-corrected chi connectivity index (χ1v) is 12.7. The Morgan fingerprint density at radius 3 is 2.75 bits per heavy atom. The van der Waals surface area contributed by atoms with Gasteiger partial charge < -0.3 is 20.3 Å². The lowest BCUT2D eigenvalue weighted by Gasteiger charge is -2.48. The Bertz CT molecular complexity index is 1310. The van der Waals surface area contributed by atoms with E-state index in [0.29, 0.717) is 0 Å². The Balaban J connectivity index is 1.47. The molecule has 1 unspecified atom stereocenters. The number of nitrogens with one attached hydrogen (secondary N) is 2. The van der Waals surface area contributed by atoms with Crippen molar-refractivity contribution in [2.24, 2.45) is 10.2 Å². The Kier molecular flexibility index (Phi) is 5.44. The van der Waals surface area contributed by atoms with Crippen molar-refractivity contribution < 1.29 is 9.53 Å². The second kappa shape index (κ2) is 8.55.